The zero-order valence-corrected chi connectivity index (χ0v) is 11.3. The summed E-state index contributed by atoms with van der Waals surface area (Å²) in [5.41, 5.74) is 8.28. The van der Waals surface area contributed by atoms with Gasteiger partial charge in [-0.3, -0.25) is 0 Å². The Morgan fingerprint density at radius 2 is 2.06 bits per heavy atom. The molecule has 0 bridgehead atoms. The number of hydrogen-bond acceptors (Lipinski definition) is 4. The van der Waals surface area contributed by atoms with E-state index in [4.69, 9.17) is 10.5 Å². The summed E-state index contributed by atoms with van der Waals surface area (Å²) in [6.07, 6.45) is 0.974. The number of aryl methyl sites for hydroxylation is 4. The first-order valence-electron chi connectivity index (χ1n) is 6.04. The summed E-state index contributed by atoms with van der Waals surface area (Å²) >= 11 is 0. The Bertz CT molecular complexity index is 555. The molecule has 2 rings (SSSR count). The lowest BCUT2D eigenvalue weighted by Crippen LogP contribution is -2.04. The Hall–Kier alpha value is -1.98. The van der Waals surface area contributed by atoms with Crippen LogP contribution in [0.3, 0.4) is 0 Å². The van der Waals surface area contributed by atoms with Crippen molar-refractivity contribution in [3.8, 4) is 11.8 Å². The van der Waals surface area contributed by atoms with Gasteiger partial charge in [-0.1, -0.05) is 6.92 Å². The molecule has 6 nitrogen and oxygen atoms in total. The molecule has 6 heteroatoms. The third kappa shape index (κ3) is 2.18. The van der Waals surface area contributed by atoms with Gasteiger partial charge >= 0.3 is 0 Å². The smallest absolute Gasteiger partial charge is 0.243 e. The molecule has 0 radical (unpaired) electrons. The molecule has 0 atom stereocenters. The van der Waals surface area contributed by atoms with Gasteiger partial charge in [-0.25, -0.2) is 9.36 Å². The summed E-state index contributed by atoms with van der Waals surface area (Å²) in [7, 11) is 1.84. The molecule has 2 heterocycles. The average molecular weight is 249 g/mol. The molecule has 0 fully saturated rings. The van der Waals surface area contributed by atoms with Gasteiger partial charge in [0.25, 0.3) is 0 Å². The number of nitrogens with zero attached hydrogens (tertiary/aromatic N) is 4. The van der Waals surface area contributed by atoms with Crippen molar-refractivity contribution >= 4 is 5.69 Å². The fourth-order valence-corrected chi connectivity index (χ4v) is 1.83. The number of hydrogen-bond donors (Lipinski definition) is 1. The van der Waals surface area contributed by atoms with Gasteiger partial charge in [0.2, 0.25) is 11.8 Å². The summed E-state index contributed by atoms with van der Waals surface area (Å²) < 4.78 is 9.33. The van der Waals surface area contributed by atoms with Gasteiger partial charge in [0, 0.05) is 19.7 Å². The van der Waals surface area contributed by atoms with Gasteiger partial charge in [-0.15, -0.1) is 0 Å². The Morgan fingerprint density at radius 3 is 2.61 bits per heavy atom. The lowest BCUT2D eigenvalue weighted by Gasteiger charge is -2.08. The molecular formula is C12H19N5O. The summed E-state index contributed by atoms with van der Waals surface area (Å²) in [6, 6.07) is 1.87. The molecule has 2 aromatic heterocycles. The van der Waals surface area contributed by atoms with E-state index in [1.165, 1.54) is 0 Å². The van der Waals surface area contributed by atoms with Crippen LogP contribution in [0.5, 0.6) is 11.8 Å². The molecule has 2 N–H and O–H groups in total. The van der Waals surface area contributed by atoms with Gasteiger partial charge < -0.3 is 10.5 Å². The van der Waals surface area contributed by atoms with Gasteiger partial charge in [-0.2, -0.15) is 10.2 Å². The summed E-state index contributed by atoms with van der Waals surface area (Å²) in [5.74, 6) is 1.26. The summed E-state index contributed by atoms with van der Waals surface area (Å²) in [6.45, 7) is 6.67. The minimum absolute atomic E-state index is 0.585. The van der Waals surface area contributed by atoms with E-state index in [1.807, 2.05) is 27.0 Å². The van der Waals surface area contributed by atoms with Crippen molar-refractivity contribution in [2.45, 2.75) is 33.7 Å². The minimum Gasteiger partial charge on any atom is -0.419 e. The first-order chi connectivity index (χ1) is 8.52. The fourth-order valence-electron chi connectivity index (χ4n) is 1.83. The third-order valence-electron chi connectivity index (χ3n) is 2.72. The molecule has 0 spiro atoms. The highest BCUT2D eigenvalue weighted by Crippen LogP contribution is 2.30. The molecule has 18 heavy (non-hydrogen) atoms. The van der Waals surface area contributed by atoms with Gasteiger partial charge in [-0.05, 0) is 20.3 Å². The van der Waals surface area contributed by atoms with Crippen molar-refractivity contribution in [1.29, 1.82) is 0 Å². The highest BCUT2D eigenvalue weighted by Gasteiger charge is 2.16. The fraction of sp³-hybridized carbons (Fsp3) is 0.500. The van der Waals surface area contributed by atoms with Crippen LogP contribution in [-0.2, 0) is 13.6 Å². The molecule has 0 unspecified atom stereocenters. The first kappa shape index (κ1) is 12.5. The number of nitrogen functional groups attached to an aromatic ring is 1. The monoisotopic (exact) mass is 249 g/mol. The topological polar surface area (TPSA) is 70.9 Å². The van der Waals surface area contributed by atoms with Crippen molar-refractivity contribution in [3.05, 3.63) is 17.5 Å². The van der Waals surface area contributed by atoms with Crippen LogP contribution >= 0.6 is 0 Å². The lowest BCUT2D eigenvalue weighted by molar-refractivity contribution is 0.378. The van der Waals surface area contributed by atoms with Gasteiger partial charge in [0.05, 0.1) is 11.4 Å². The molecule has 0 amide bonds. The number of anilines is 1. The molecule has 0 aliphatic carbocycles. The van der Waals surface area contributed by atoms with Crippen LogP contribution in [-0.4, -0.2) is 19.6 Å². The number of ether oxygens (including phenoxy) is 1. The third-order valence-corrected chi connectivity index (χ3v) is 2.72. The van der Waals surface area contributed by atoms with Crippen LogP contribution in [0.1, 0.15) is 24.7 Å². The van der Waals surface area contributed by atoms with E-state index in [9.17, 15) is 0 Å². The van der Waals surface area contributed by atoms with Crippen molar-refractivity contribution in [2.75, 3.05) is 5.73 Å². The highest BCUT2D eigenvalue weighted by molar-refractivity contribution is 5.53. The van der Waals surface area contributed by atoms with E-state index in [1.54, 1.807) is 9.36 Å². The Kier molecular flexibility index (Phi) is 3.27. The average Bonchev–Trinajstić information content (AvgIpc) is 2.74. The maximum atomic E-state index is 6.00. The molecule has 0 aliphatic heterocycles. The van der Waals surface area contributed by atoms with Crippen LogP contribution in [0.15, 0.2) is 6.07 Å². The van der Waals surface area contributed by atoms with Gasteiger partial charge in [0.15, 0.2) is 0 Å². The lowest BCUT2D eigenvalue weighted by atomic mass is 10.4. The Morgan fingerprint density at radius 1 is 1.33 bits per heavy atom. The molecule has 0 aliphatic rings. The van der Waals surface area contributed by atoms with Crippen LogP contribution < -0.4 is 10.5 Å². The quantitative estimate of drug-likeness (QED) is 0.899. The SMILES string of the molecule is CCCn1nc(C)c(N)c1Oc1cc(C)nn1C. The zero-order valence-electron chi connectivity index (χ0n) is 11.3. The Labute approximate surface area is 106 Å². The van der Waals surface area contributed by atoms with Crippen LogP contribution in [0, 0.1) is 13.8 Å². The summed E-state index contributed by atoms with van der Waals surface area (Å²) in [5, 5.41) is 8.61. The van der Waals surface area contributed by atoms with E-state index in [0.29, 0.717) is 17.4 Å². The van der Waals surface area contributed by atoms with Crippen molar-refractivity contribution < 1.29 is 4.74 Å². The van der Waals surface area contributed by atoms with E-state index in [0.717, 1.165) is 24.4 Å². The van der Waals surface area contributed by atoms with Crippen molar-refractivity contribution in [2.24, 2.45) is 7.05 Å². The first-order valence-corrected chi connectivity index (χ1v) is 6.04. The van der Waals surface area contributed by atoms with E-state index >= 15 is 0 Å². The molecule has 98 valence electrons. The second-order valence-corrected chi connectivity index (χ2v) is 4.38. The number of rotatable bonds is 4. The minimum atomic E-state index is 0.585. The normalized spacial score (nSPS) is 10.9. The van der Waals surface area contributed by atoms with Crippen molar-refractivity contribution in [1.82, 2.24) is 19.6 Å². The zero-order chi connectivity index (χ0) is 13.3. The van der Waals surface area contributed by atoms with E-state index < -0.39 is 0 Å². The molecule has 0 saturated heterocycles. The number of aromatic nitrogens is 4. The molecule has 0 aromatic carbocycles. The largest absolute Gasteiger partial charge is 0.419 e. The predicted molar refractivity (Wildman–Crippen MR) is 69.7 cm³/mol. The maximum Gasteiger partial charge on any atom is 0.243 e. The summed E-state index contributed by atoms with van der Waals surface area (Å²) in [4.78, 5) is 0. The van der Waals surface area contributed by atoms with Gasteiger partial charge in [0.1, 0.15) is 5.69 Å². The molecular weight excluding hydrogens is 230 g/mol. The van der Waals surface area contributed by atoms with Crippen LogP contribution in [0.4, 0.5) is 5.69 Å². The number of nitrogens with two attached hydrogens (primary N) is 1. The predicted octanol–water partition coefficient (Wildman–Crippen LogP) is 2.02. The standard InChI is InChI=1S/C12H19N5O/c1-5-6-17-12(11(13)9(3)15-17)18-10-7-8(2)14-16(10)4/h7H,5-6,13H2,1-4H3. The second-order valence-electron chi connectivity index (χ2n) is 4.38. The van der Waals surface area contributed by atoms with Crippen molar-refractivity contribution in [3.63, 3.8) is 0 Å². The van der Waals surface area contributed by atoms with Crippen LogP contribution in [0.25, 0.3) is 0 Å². The maximum absolute atomic E-state index is 6.00. The van der Waals surface area contributed by atoms with E-state index in [2.05, 4.69) is 17.1 Å². The highest BCUT2D eigenvalue weighted by atomic mass is 16.5. The Balaban J connectivity index is 2.35. The molecule has 0 saturated carbocycles. The molecule has 2 aromatic rings. The second kappa shape index (κ2) is 4.72. The van der Waals surface area contributed by atoms with E-state index in [-0.39, 0.29) is 0 Å². The van der Waals surface area contributed by atoms with Crippen LogP contribution in [0.2, 0.25) is 0 Å².